The molecule has 0 radical (unpaired) electrons. The second-order valence-corrected chi connectivity index (χ2v) is 7.51. The molecule has 0 amide bonds. The van der Waals surface area contributed by atoms with Crippen LogP contribution in [0.2, 0.25) is 5.02 Å². The number of hydrogen-bond acceptors (Lipinski definition) is 6. The second kappa shape index (κ2) is 8.24. The fourth-order valence-corrected chi connectivity index (χ4v) is 3.46. The van der Waals surface area contributed by atoms with Gasteiger partial charge in [0, 0.05) is 10.6 Å². The number of nitrogens with zero attached hydrogens (tertiary/aromatic N) is 1. The summed E-state index contributed by atoms with van der Waals surface area (Å²) in [7, 11) is 0. The predicted octanol–water partition coefficient (Wildman–Crippen LogP) is 6.05. The number of rotatable bonds is 5. The lowest BCUT2D eigenvalue weighted by Gasteiger charge is -2.10. The monoisotopic (exact) mass is 445 g/mol. The molecule has 0 saturated carbocycles. The van der Waals surface area contributed by atoms with Gasteiger partial charge in [0.25, 0.3) is 5.95 Å². The Morgan fingerprint density at radius 1 is 0.938 bits per heavy atom. The summed E-state index contributed by atoms with van der Waals surface area (Å²) in [5, 5.41) is 10.7. The van der Waals surface area contributed by atoms with Gasteiger partial charge >= 0.3 is 0 Å². The number of fused-ring (bicyclic) bond motifs is 1. The highest BCUT2D eigenvalue weighted by atomic mass is 35.5. The van der Waals surface area contributed by atoms with Crippen LogP contribution in [-0.2, 0) is 6.61 Å². The van der Waals surface area contributed by atoms with Crippen molar-refractivity contribution < 1.29 is 18.7 Å². The molecule has 7 heteroatoms. The lowest BCUT2D eigenvalue weighted by atomic mass is 10.0. The summed E-state index contributed by atoms with van der Waals surface area (Å²) < 4.78 is 17.4. The normalized spacial score (nSPS) is 11.0. The van der Waals surface area contributed by atoms with Crippen molar-refractivity contribution in [3.63, 3.8) is 0 Å². The Labute approximate surface area is 187 Å². The molecule has 5 aromatic rings. The molecule has 5 rings (SSSR count). The van der Waals surface area contributed by atoms with Crippen molar-refractivity contribution in [2.75, 3.05) is 0 Å². The number of aromatic nitrogens is 1. The highest BCUT2D eigenvalue weighted by Crippen LogP contribution is 2.32. The van der Waals surface area contributed by atoms with E-state index in [1.807, 2.05) is 12.1 Å². The van der Waals surface area contributed by atoms with Crippen LogP contribution in [0.5, 0.6) is 11.7 Å². The second-order valence-electron chi connectivity index (χ2n) is 7.08. The third kappa shape index (κ3) is 3.84. The average Bonchev–Trinajstić information content (AvgIpc) is 3.28. The fraction of sp³-hybridized carbons (Fsp3) is 0.0400. The van der Waals surface area contributed by atoms with E-state index in [9.17, 15) is 9.90 Å². The van der Waals surface area contributed by atoms with Gasteiger partial charge in [-0.25, -0.2) is 4.98 Å². The molecule has 0 aliphatic carbocycles. The molecule has 0 aliphatic rings. The minimum atomic E-state index is -0.227. The summed E-state index contributed by atoms with van der Waals surface area (Å²) >= 11 is 5.93. The van der Waals surface area contributed by atoms with Gasteiger partial charge in [0.1, 0.15) is 35.5 Å². The van der Waals surface area contributed by atoms with Gasteiger partial charge in [-0.05, 0) is 54.1 Å². The first-order valence-corrected chi connectivity index (χ1v) is 10.1. The van der Waals surface area contributed by atoms with Gasteiger partial charge in [-0.3, -0.25) is 4.79 Å². The summed E-state index contributed by atoms with van der Waals surface area (Å²) in [6.45, 7) is 0.0312. The van der Waals surface area contributed by atoms with Gasteiger partial charge in [-0.1, -0.05) is 35.9 Å². The van der Waals surface area contributed by atoms with Crippen LogP contribution in [0.15, 0.2) is 92.7 Å². The van der Waals surface area contributed by atoms with Crippen molar-refractivity contribution in [1.29, 1.82) is 0 Å². The molecule has 158 valence electrons. The predicted molar refractivity (Wildman–Crippen MR) is 121 cm³/mol. The van der Waals surface area contributed by atoms with Crippen LogP contribution in [0, 0.1) is 0 Å². The Bertz CT molecular complexity index is 1450. The van der Waals surface area contributed by atoms with Crippen LogP contribution >= 0.6 is 11.6 Å². The van der Waals surface area contributed by atoms with E-state index >= 15 is 0 Å². The Kier molecular flexibility index (Phi) is 5.13. The van der Waals surface area contributed by atoms with E-state index in [1.54, 1.807) is 48.5 Å². The molecular formula is C25H16ClNO5. The SMILES string of the molecule is O=c1c(-c2ccc(O)cc2)c(OCc2coc(-c3ccc(Cl)cc3)n2)oc2ccccc12. The fourth-order valence-electron chi connectivity index (χ4n) is 3.34. The van der Waals surface area contributed by atoms with Crippen molar-refractivity contribution in [3.05, 3.63) is 100.0 Å². The first kappa shape index (κ1) is 19.9. The Hall–Kier alpha value is -4.03. The summed E-state index contributed by atoms with van der Waals surface area (Å²) in [5.74, 6) is 0.591. The number of aromatic hydroxyl groups is 1. The molecule has 0 bridgehead atoms. The van der Waals surface area contributed by atoms with Gasteiger partial charge in [0.15, 0.2) is 0 Å². The largest absolute Gasteiger partial charge is 0.508 e. The highest BCUT2D eigenvalue weighted by molar-refractivity contribution is 6.30. The number of para-hydroxylation sites is 1. The summed E-state index contributed by atoms with van der Waals surface area (Å²) in [6.07, 6.45) is 1.49. The molecule has 32 heavy (non-hydrogen) atoms. The van der Waals surface area contributed by atoms with Crippen molar-refractivity contribution in [1.82, 2.24) is 4.98 Å². The first-order chi connectivity index (χ1) is 15.6. The van der Waals surface area contributed by atoms with Gasteiger partial charge in [-0.15, -0.1) is 0 Å². The summed E-state index contributed by atoms with van der Waals surface area (Å²) in [5.41, 5.74) is 2.33. The summed E-state index contributed by atoms with van der Waals surface area (Å²) in [4.78, 5) is 17.7. The number of benzene rings is 3. The highest BCUT2D eigenvalue weighted by Gasteiger charge is 2.18. The minimum absolute atomic E-state index is 0.0312. The van der Waals surface area contributed by atoms with Gasteiger partial charge in [0.05, 0.1) is 5.39 Å². The van der Waals surface area contributed by atoms with E-state index < -0.39 is 0 Å². The van der Waals surface area contributed by atoms with Crippen LogP contribution in [-0.4, -0.2) is 10.1 Å². The number of oxazole rings is 1. The van der Waals surface area contributed by atoms with Crippen LogP contribution < -0.4 is 10.2 Å². The molecule has 0 aliphatic heterocycles. The van der Waals surface area contributed by atoms with E-state index in [4.69, 9.17) is 25.2 Å². The van der Waals surface area contributed by atoms with Crippen LogP contribution in [0.4, 0.5) is 0 Å². The van der Waals surface area contributed by atoms with Gasteiger partial charge in [-0.2, -0.15) is 0 Å². The molecular weight excluding hydrogens is 430 g/mol. The molecule has 6 nitrogen and oxygen atoms in total. The Morgan fingerprint density at radius 2 is 1.66 bits per heavy atom. The number of phenolic OH excluding ortho intramolecular Hbond substituents is 1. The molecule has 0 saturated heterocycles. The van der Waals surface area contributed by atoms with Crippen LogP contribution in [0.1, 0.15) is 5.69 Å². The third-order valence-corrected chi connectivity index (χ3v) is 5.17. The van der Waals surface area contributed by atoms with Crippen molar-refractivity contribution in [2.45, 2.75) is 6.61 Å². The first-order valence-electron chi connectivity index (χ1n) is 9.77. The van der Waals surface area contributed by atoms with Crippen molar-refractivity contribution in [3.8, 4) is 34.3 Å². The van der Waals surface area contributed by atoms with Gasteiger partial charge in [0.2, 0.25) is 11.3 Å². The number of phenols is 1. The maximum Gasteiger partial charge on any atom is 0.297 e. The molecule has 3 aromatic carbocycles. The van der Waals surface area contributed by atoms with E-state index in [2.05, 4.69) is 4.98 Å². The zero-order valence-corrected chi connectivity index (χ0v) is 17.4. The van der Waals surface area contributed by atoms with E-state index in [-0.39, 0.29) is 29.3 Å². The molecule has 2 aromatic heterocycles. The lowest BCUT2D eigenvalue weighted by Crippen LogP contribution is -2.09. The van der Waals surface area contributed by atoms with Crippen LogP contribution in [0.3, 0.4) is 0 Å². The molecule has 0 fully saturated rings. The number of hydrogen-bond donors (Lipinski definition) is 1. The molecule has 0 atom stereocenters. The van der Waals surface area contributed by atoms with E-state index in [0.717, 1.165) is 5.56 Å². The summed E-state index contributed by atoms with van der Waals surface area (Å²) in [6, 6.07) is 20.4. The number of halogens is 1. The Balaban J connectivity index is 1.50. The molecule has 1 N–H and O–H groups in total. The lowest BCUT2D eigenvalue weighted by molar-refractivity contribution is 0.233. The smallest absolute Gasteiger partial charge is 0.297 e. The minimum Gasteiger partial charge on any atom is -0.508 e. The maximum atomic E-state index is 13.2. The maximum absolute atomic E-state index is 13.2. The standard InChI is InChI=1S/C25H16ClNO5/c26-17-9-5-16(6-10-17)24-27-18(13-30-24)14-31-25-22(15-7-11-19(28)12-8-15)23(29)20-3-1-2-4-21(20)32-25/h1-13,28H,14H2. The Morgan fingerprint density at radius 3 is 2.44 bits per heavy atom. The topological polar surface area (TPSA) is 85.7 Å². The molecule has 0 spiro atoms. The zero-order valence-electron chi connectivity index (χ0n) is 16.6. The average molecular weight is 446 g/mol. The van der Waals surface area contributed by atoms with Crippen molar-refractivity contribution in [2.24, 2.45) is 0 Å². The van der Waals surface area contributed by atoms with Crippen LogP contribution in [0.25, 0.3) is 33.6 Å². The molecule has 0 unspecified atom stereocenters. The van der Waals surface area contributed by atoms with Crippen molar-refractivity contribution >= 4 is 22.6 Å². The quantitative estimate of drug-likeness (QED) is 0.354. The zero-order chi connectivity index (χ0) is 22.1. The number of ether oxygens (including phenoxy) is 1. The third-order valence-electron chi connectivity index (χ3n) is 4.92. The van der Waals surface area contributed by atoms with E-state index in [0.29, 0.717) is 33.1 Å². The van der Waals surface area contributed by atoms with Gasteiger partial charge < -0.3 is 18.7 Å². The molecule has 2 heterocycles. The van der Waals surface area contributed by atoms with E-state index in [1.165, 1.54) is 18.4 Å².